The quantitative estimate of drug-likeness (QED) is 0.394. The number of hydrogen-bond acceptors (Lipinski definition) is 6. The smallest absolute Gasteiger partial charge is 0.744 e. The second-order valence-electron chi connectivity index (χ2n) is 2.86. The Labute approximate surface area is 185 Å². The van der Waals surface area contributed by atoms with Crippen molar-refractivity contribution >= 4 is 20.2 Å². The van der Waals surface area contributed by atoms with Gasteiger partial charge in [-0.25, -0.2) is 16.8 Å². The van der Waals surface area contributed by atoms with Gasteiger partial charge in [-0.15, -0.1) is 0 Å². The Morgan fingerprint density at radius 3 is 1.65 bits per heavy atom. The molecule has 0 radical (unpaired) electrons. The first kappa shape index (κ1) is 21.6. The van der Waals surface area contributed by atoms with E-state index in [9.17, 15) is 25.9 Å². The molecule has 0 aliphatic rings. The van der Waals surface area contributed by atoms with Crippen LogP contribution in [0.25, 0.3) is 0 Å². The van der Waals surface area contributed by atoms with E-state index < -0.39 is 30.0 Å². The van der Waals surface area contributed by atoms with Crippen molar-refractivity contribution in [3.05, 3.63) is 23.8 Å². The average Bonchev–Trinajstić information content (AvgIpc) is 2.00. The molecule has 0 saturated heterocycles. The van der Waals surface area contributed by atoms with E-state index in [1.54, 1.807) is 0 Å². The van der Waals surface area contributed by atoms with Crippen molar-refractivity contribution in [1.82, 2.24) is 0 Å². The summed E-state index contributed by atoms with van der Waals surface area (Å²) in [4.78, 5) is -2.01. The van der Waals surface area contributed by atoms with E-state index in [1.165, 1.54) is 13.0 Å². The first-order valence-corrected chi connectivity index (χ1v) is 6.46. The molecule has 0 aliphatic heterocycles. The third-order valence-corrected chi connectivity index (χ3v) is 3.54. The third-order valence-electron chi connectivity index (χ3n) is 1.64. The zero-order valence-electron chi connectivity index (χ0n) is 9.50. The van der Waals surface area contributed by atoms with Gasteiger partial charge < -0.3 is 9.11 Å². The van der Waals surface area contributed by atoms with Crippen molar-refractivity contribution in [3.63, 3.8) is 0 Å². The molecule has 84 valence electrons. The molecular formula is C7H6K2O6S2. The van der Waals surface area contributed by atoms with Crippen LogP contribution in [0, 0.1) is 6.92 Å². The van der Waals surface area contributed by atoms with Crippen LogP contribution in [0.1, 0.15) is 5.56 Å². The van der Waals surface area contributed by atoms with Crippen LogP contribution in [0.2, 0.25) is 0 Å². The molecule has 17 heavy (non-hydrogen) atoms. The molecule has 0 aromatic heterocycles. The Hall–Kier alpha value is 2.31. The molecule has 0 bridgehead atoms. The fourth-order valence-corrected chi connectivity index (χ4v) is 2.81. The first-order valence-electron chi connectivity index (χ1n) is 3.65. The normalized spacial score (nSPS) is 11.2. The maximum Gasteiger partial charge on any atom is 1.00 e. The summed E-state index contributed by atoms with van der Waals surface area (Å²) in [6, 6.07) is 2.90. The molecule has 0 fully saturated rings. The summed E-state index contributed by atoms with van der Waals surface area (Å²) in [5.41, 5.74) is 0.372. The maximum atomic E-state index is 10.7. The predicted molar refractivity (Wildman–Crippen MR) is 47.1 cm³/mol. The Bertz CT molecular complexity index is 593. The summed E-state index contributed by atoms with van der Waals surface area (Å²) in [7, 11) is -9.93. The minimum atomic E-state index is -4.97. The van der Waals surface area contributed by atoms with Gasteiger partial charge in [0.15, 0.2) is 0 Å². The van der Waals surface area contributed by atoms with Gasteiger partial charge in [0.1, 0.15) is 20.2 Å². The molecule has 0 saturated carbocycles. The molecule has 6 nitrogen and oxygen atoms in total. The minimum Gasteiger partial charge on any atom is -0.744 e. The molecule has 10 heteroatoms. The molecule has 1 rings (SSSR count). The summed E-state index contributed by atoms with van der Waals surface area (Å²) in [6.45, 7) is 1.47. The van der Waals surface area contributed by atoms with E-state index in [2.05, 4.69) is 0 Å². The molecule has 0 spiro atoms. The van der Waals surface area contributed by atoms with Gasteiger partial charge in [-0.1, -0.05) is 6.07 Å². The van der Waals surface area contributed by atoms with Gasteiger partial charge >= 0.3 is 103 Å². The number of aryl methyl sites for hydroxylation is 1. The SMILES string of the molecule is Cc1ccc(S(=O)(=O)[O-])c(S(=O)(=O)[O-])c1.[K+].[K+]. The summed E-state index contributed by atoms with van der Waals surface area (Å²) >= 11 is 0. The van der Waals surface area contributed by atoms with E-state index in [-0.39, 0.29) is 103 Å². The summed E-state index contributed by atoms with van der Waals surface area (Å²) < 4.78 is 64.0. The van der Waals surface area contributed by atoms with Gasteiger partial charge in [0.05, 0.1) is 9.79 Å². The Kier molecular flexibility index (Phi) is 10.1. The van der Waals surface area contributed by atoms with Crippen molar-refractivity contribution in [2.24, 2.45) is 0 Å². The number of rotatable bonds is 2. The van der Waals surface area contributed by atoms with Crippen molar-refractivity contribution in [2.45, 2.75) is 16.7 Å². The van der Waals surface area contributed by atoms with Crippen LogP contribution in [0.15, 0.2) is 28.0 Å². The van der Waals surface area contributed by atoms with Crippen LogP contribution in [0.5, 0.6) is 0 Å². The van der Waals surface area contributed by atoms with E-state index in [4.69, 9.17) is 0 Å². The predicted octanol–water partition coefficient (Wildman–Crippen LogP) is -6.19. The van der Waals surface area contributed by atoms with Crippen LogP contribution in [0.4, 0.5) is 0 Å². The topological polar surface area (TPSA) is 114 Å². The van der Waals surface area contributed by atoms with E-state index in [0.29, 0.717) is 5.56 Å². The Morgan fingerprint density at radius 1 is 0.882 bits per heavy atom. The molecule has 0 unspecified atom stereocenters. The van der Waals surface area contributed by atoms with Crippen molar-refractivity contribution in [1.29, 1.82) is 0 Å². The van der Waals surface area contributed by atoms with Crippen molar-refractivity contribution < 1.29 is 129 Å². The van der Waals surface area contributed by atoms with Crippen LogP contribution >= 0.6 is 0 Å². The Balaban J connectivity index is 0. The van der Waals surface area contributed by atoms with Crippen LogP contribution < -0.4 is 103 Å². The van der Waals surface area contributed by atoms with E-state index in [0.717, 1.165) is 12.1 Å². The molecule has 0 atom stereocenters. The van der Waals surface area contributed by atoms with Gasteiger partial charge in [0.2, 0.25) is 0 Å². The molecule has 1 aromatic carbocycles. The molecule has 0 heterocycles. The van der Waals surface area contributed by atoms with E-state index in [1.807, 2.05) is 0 Å². The van der Waals surface area contributed by atoms with Gasteiger partial charge in [-0.3, -0.25) is 0 Å². The van der Waals surface area contributed by atoms with Gasteiger partial charge in [-0.2, -0.15) is 0 Å². The summed E-state index contributed by atoms with van der Waals surface area (Å²) in [5.74, 6) is 0. The fraction of sp³-hybridized carbons (Fsp3) is 0.143. The summed E-state index contributed by atoms with van der Waals surface area (Å²) in [6.07, 6.45) is 0. The van der Waals surface area contributed by atoms with Gasteiger partial charge in [-0.05, 0) is 24.6 Å². The largest absolute Gasteiger partial charge is 1.00 e. The molecule has 1 aromatic rings. The molecular weight excluding hydrogens is 322 g/mol. The average molecular weight is 328 g/mol. The van der Waals surface area contributed by atoms with Gasteiger partial charge in [0, 0.05) is 0 Å². The zero-order chi connectivity index (χ0) is 11.9. The van der Waals surface area contributed by atoms with Crippen molar-refractivity contribution in [2.75, 3.05) is 0 Å². The molecule has 0 amide bonds. The number of hydrogen-bond donors (Lipinski definition) is 0. The summed E-state index contributed by atoms with van der Waals surface area (Å²) in [5, 5.41) is 0. The second-order valence-corrected chi connectivity index (χ2v) is 5.55. The van der Waals surface area contributed by atoms with Crippen LogP contribution in [-0.4, -0.2) is 25.9 Å². The molecule has 0 aliphatic carbocycles. The van der Waals surface area contributed by atoms with E-state index >= 15 is 0 Å². The third kappa shape index (κ3) is 6.53. The zero-order valence-corrected chi connectivity index (χ0v) is 17.4. The van der Waals surface area contributed by atoms with Crippen LogP contribution in [0.3, 0.4) is 0 Å². The minimum absolute atomic E-state index is 0. The Morgan fingerprint density at radius 2 is 1.29 bits per heavy atom. The number of benzene rings is 1. The fourth-order valence-electron chi connectivity index (χ4n) is 1.02. The van der Waals surface area contributed by atoms with Crippen LogP contribution in [-0.2, 0) is 20.2 Å². The van der Waals surface area contributed by atoms with Crippen molar-refractivity contribution in [3.8, 4) is 0 Å². The monoisotopic (exact) mass is 328 g/mol. The maximum absolute atomic E-state index is 10.7. The van der Waals surface area contributed by atoms with Gasteiger partial charge in [0.25, 0.3) is 0 Å². The second kappa shape index (κ2) is 7.93. The molecule has 0 N–H and O–H groups in total. The standard InChI is InChI=1S/C7H8O6S2.2K/c1-5-2-3-6(14(8,9)10)7(4-5)15(11,12)13;;/h2-4H,1H3,(H,8,9,10)(H,11,12,13);;/q;2*+1/p-2. The first-order chi connectivity index (χ1) is 6.62.